The maximum absolute atomic E-state index is 12.2. The molecule has 0 N–H and O–H groups in total. The van der Waals surface area contributed by atoms with E-state index in [1.165, 1.54) is 0 Å². The highest BCUT2D eigenvalue weighted by Crippen LogP contribution is 2.49. The monoisotopic (exact) mass is 277 g/mol. The number of ether oxygens (including phenoxy) is 1. The van der Waals surface area contributed by atoms with Crippen molar-refractivity contribution in [1.82, 2.24) is 4.57 Å². The molecule has 0 saturated heterocycles. The van der Waals surface area contributed by atoms with Gasteiger partial charge in [0.05, 0.1) is 12.2 Å². The molecule has 1 aliphatic carbocycles. The Morgan fingerprint density at radius 3 is 2.50 bits per heavy atom. The normalized spacial score (nSPS) is 16.0. The van der Waals surface area contributed by atoms with Crippen molar-refractivity contribution < 1.29 is 9.53 Å². The van der Waals surface area contributed by atoms with Crippen LogP contribution in [0, 0.1) is 19.3 Å². The molecule has 0 spiro atoms. The Balaban J connectivity index is 2.44. The van der Waals surface area contributed by atoms with Crippen LogP contribution in [0.25, 0.3) is 0 Å². The largest absolute Gasteiger partial charge is 0.462 e. The van der Waals surface area contributed by atoms with E-state index in [9.17, 15) is 9.59 Å². The minimum absolute atomic E-state index is 0.0206. The van der Waals surface area contributed by atoms with E-state index in [0.29, 0.717) is 24.3 Å². The lowest BCUT2D eigenvalue weighted by molar-refractivity contribution is 0.0523. The van der Waals surface area contributed by atoms with Crippen LogP contribution in [-0.4, -0.2) is 17.1 Å². The number of pyridine rings is 1. The molecular weight excluding hydrogens is 254 g/mol. The van der Waals surface area contributed by atoms with Gasteiger partial charge in [0.2, 0.25) is 0 Å². The predicted octanol–water partition coefficient (Wildman–Crippen LogP) is 2.83. The van der Waals surface area contributed by atoms with E-state index < -0.39 is 0 Å². The Hall–Kier alpha value is -1.58. The minimum Gasteiger partial charge on any atom is -0.462 e. The lowest BCUT2D eigenvalue weighted by Crippen LogP contribution is -2.29. The maximum atomic E-state index is 12.2. The van der Waals surface area contributed by atoms with Crippen molar-refractivity contribution in [2.24, 2.45) is 5.41 Å². The molecule has 4 heteroatoms. The fourth-order valence-electron chi connectivity index (χ4n) is 2.77. The summed E-state index contributed by atoms with van der Waals surface area (Å²) in [5, 5.41) is 0. The molecule has 1 aromatic heterocycles. The second-order valence-corrected chi connectivity index (χ2v) is 5.79. The van der Waals surface area contributed by atoms with Crippen molar-refractivity contribution in [2.45, 2.75) is 53.5 Å². The molecule has 0 aromatic carbocycles. The Bertz CT molecular complexity index is 582. The summed E-state index contributed by atoms with van der Waals surface area (Å²) >= 11 is 0. The Labute approximate surface area is 119 Å². The quantitative estimate of drug-likeness (QED) is 0.778. The van der Waals surface area contributed by atoms with E-state index in [1.54, 1.807) is 24.5 Å². The molecule has 4 nitrogen and oxygen atoms in total. The Morgan fingerprint density at radius 2 is 2.00 bits per heavy atom. The van der Waals surface area contributed by atoms with E-state index in [0.717, 1.165) is 25.0 Å². The standard InChI is InChI=1S/C16H23NO3/c1-5-16(7-8-16)10-17-12(4)14(15(19)20-6-2)11(3)9-13(17)18/h9H,5-8,10H2,1-4H3. The fraction of sp³-hybridized carbons (Fsp3) is 0.625. The molecule has 0 aliphatic heterocycles. The first-order valence-corrected chi connectivity index (χ1v) is 7.32. The van der Waals surface area contributed by atoms with Crippen molar-refractivity contribution >= 4 is 5.97 Å². The lowest BCUT2D eigenvalue weighted by atomic mass is 10.0. The third-order valence-corrected chi connectivity index (χ3v) is 4.45. The van der Waals surface area contributed by atoms with E-state index >= 15 is 0 Å². The number of esters is 1. The topological polar surface area (TPSA) is 48.3 Å². The number of hydrogen-bond acceptors (Lipinski definition) is 3. The summed E-state index contributed by atoms with van der Waals surface area (Å²) in [6.45, 7) is 8.63. The third-order valence-electron chi connectivity index (χ3n) is 4.45. The van der Waals surface area contributed by atoms with Crippen molar-refractivity contribution in [3.8, 4) is 0 Å². The first-order chi connectivity index (χ1) is 9.44. The van der Waals surface area contributed by atoms with Crippen LogP contribution in [0.1, 0.15) is 54.7 Å². The van der Waals surface area contributed by atoms with E-state index in [-0.39, 0.29) is 16.9 Å². The molecule has 1 aliphatic rings. The molecule has 0 radical (unpaired) electrons. The highest BCUT2D eigenvalue weighted by molar-refractivity contribution is 5.92. The molecule has 1 saturated carbocycles. The zero-order valence-electron chi connectivity index (χ0n) is 12.8. The van der Waals surface area contributed by atoms with E-state index in [2.05, 4.69) is 6.92 Å². The minimum atomic E-state index is -0.336. The molecule has 0 unspecified atom stereocenters. The molecule has 0 amide bonds. The molecule has 0 atom stereocenters. The molecule has 20 heavy (non-hydrogen) atoms. The van der Waals surface area contributed by atoms with Gasteiger partial charge < -0.3 is 9.30 Å². The molecule has 1 fully saturated rings. The number of aromatic nitrogens is 1. The van der Waals surface area contributed by atoms with Crippen LogP contribution in [0.4, 0.5) is 0 Å². The van der Waals surface area contributed by atoms with Crippen molar-refractivity contribution in [3.05, 3.63) is 33.2 Å². The van der Waals surface area contributed by atoms with Gasteiger partial charge in [0, 0.05) is 18.3 Å². The average Bonchev–Trinajstić information content (AvgIpc) is 3.15. The smallest absolute Gasteiger partial charge is 0.340 e. The summed E-state index contributed by atoms with van der Waals surface area (Å²) in [6, 6.07) is 1.55. The number of rotatable bonds is 5. The summed E-state index contributed by atoms with van der Waals surface area (Å²) in [5.74, 6) is -0.336. The zero-order valence-corrected chi connectivity index (χ0v) is 12.8. The van der Waals surface area contributed by atoms with Gasteiger partial charge in [0.1, 0.15) is 0 Å². The second kappa shape index (κ2) is 5.43. The van der Waals surface area contributed by atoms with Gasteiger partial charge in [-0.3, -0.25) is 4.79 Å². The van der Waals surface area contributed by atoms with Crippen LogP contribution in [0.3, 0.4) is 0 Å². The molecule has 2 rings (SSSR count). The fourth-order valence-corrected chi connectivity index (χ4v) is 2.77. The predicted molar refractivity (Wildman–Crippen MR) is 78.1 cm³/mol. The van der Waals surface area contributed by atoms with Crippen LogP contribution in [0.15, 0.2) is 10.9 Å². The average molecular weight is 277 g/mol. The Morgan fingerprint density at radius 1 is 1.35 bits per heavy atom. The summed E-state index contributed by atoms with van der Waals surface area (Å²) in [4.78, 5) is 24.3. The van der Waals surface area contributed by atoms with Gasteiger partial charge in [-0.2, -0.15) is 0 Å². The molecular formula is C16H23NO3. The molecule has 0 bridgehead atoms. The van der Waals surface area contributed by atoms with Crippen LogP contribution in [0.5, 0.6) is 0 Å². The first kappa shape index (κ1) is 14.8. The van der Waals surface area contributed by atoms with Gasteiger partial charge in [-0.25, -0.2) is 4.79 Å². The number of hydrogen-bond donors (Lipinski definition) is 0. The van der Waals surface area contributed by atoms with Gasteiger partial charge in [-0.05, 0) is 51.0 Å². The van der Waals surface area contributed by atoms with Gasteiger partial charge in [0.15, 0.2) is 0 Å². The molecule has 1 aromatic rings. The van der Waals surface area contributed by atoms with Gasteiger partial charge >= 0.3 is 5.97 Å². The van der Waals surface area contributed by atoms with Crippen LogP contribution >= 0.6 is 0 Å². The first-order valence-electron chi connectivity index (χ1n) is 7.32. The zero-order chi connectivity index (χ0) is 14.9. The van der Waals surface area contributed by atoms with Gasteiger partial charge in [-0.15, -0.1) is 0 Å². The highest BCUT2D eigenvalue weighted by atomic mass is 16.5. The lowest BCUT2D eigenvalue weighted by Gasteiger charge is -2.19. The summed E-state index contributed by atoms with van der Waals surface area (Å²) < 4.78 is 6.85. The number of nitrogens with zero attached hydrogens (tertiary/aromatic N) is 1. The highest BCUT2D eigenvalue weighted by Gasteiger charge is 2.41. The van der Waals surface area contributed by atoms with Crippen LogP contribution < -0.4 is 5.56 Å². The van der Waals surface area contributed by atoms with Crippen molar-refractivity contribution in [2.75, 3.05) is 6.61 Å². The molecule has 1 heterocycles. The summed E-state index contributed by atoms with van der Waals surface area (Å²) in [5.41, 5.74) is 2.21. The van der Waals surface area contributed by atoms with E-state index in [4.69, 9.17) is 4.74 Å². The number of aryl methyl sites for hydroxylation is 1. The van der Waals surface area contributed by atoms with Crippen LogP contribution in [0.2, 0.25) is 0 Å². The van der Waals surface area contributed by atoms with Gasteiger partial charge in [-0.1, -0.05) is 6.92 Å². The number of carbonyl (C=O) groups excluding carboxylic acids is 1. The third kappa shape index (κ3) is 2.65. The SMILES string of the molecule is CCOC(=O)c1c(C)cc(=O)n(CC2(CC)CC2)c1C. The van der Waals surface area contributed by atoms with Crippen molar-refractivity contribution in [1.29, 1.82) is 0 Å². The number of carbonyl (C=O) groups is 1. The summed E-state index contributed by atoms with van der Waals surface area (Å²) in [7, 11) is 0. The van der Waals surface area contributed by atoms with E-state index in [1.807, 2.05) is 6.92 Å². The maximum Gasteiger partial charge on any atom is 0.340 e. The second-order valence-electron chi connectivity index (χ2n) is 5.79. The van der Waals surface area contributed by atoms with Gasteiger partial charge in [0.25, 0.3) is 5.56 Å². The van der Waals surface area contributed by atoms with Crippen molar-refractivity contribution in [3.63, 3.8) is 0 Å². The molecule has 110 valence electrons. The summed E-state index contributed by atoms with van der Waals surface area (Å²) in [6.07, 6.45) is 3.40. The van der Waals surface area contributed by atoms with Crippen LogP contribution in [-0.2, 0) is 11.3 Å². The Kier molecular flexibility index (Phi) is 4.02.